The van der Waals surface area contributed by atoms with E-state index in [1.807, 2.05) is 30.3 Å². The van der Waals surface area contributed by atoms with Gasteiger partial charge in [0, 0.05) is 17.5 Å². The van der Waals surface area contributed by atoms with Crippen LogP contribution in [0.2, 0.25) is 0 Å². The Hall–Kier alpha value is -2.99. The first kappa shape index (κ1) is 15.1. The fourth-order valence-electron chi connectivity index (χ4n) is 3.91. The highest BCUT2D eigenvalue weighted by molar-refractivity contribution is 7.12. The van der Waals surface area contributed by atoms with Gasteiger partial charge in [0.25, 0.3) is 0 Å². The molecular weight excluding hydrogens is 360 g/mol. The first-order chi connectivity index (χ1) is 13.4. The zero-order chi connectivity index (χ0) is 17.8. The van der Waals surface area contributed by atoms with Crippen molar-refractivity contribution >= 4 is 17.0 Å². The van der Waals surface area contributed by atoms with Gasteiger partial charge in [-0.3, -0.25) is 0 Å². The molecule has 3 aromatic rings. The highest BCUT2D eigenvalue weighted by Gasteiger charge is 2.41. The van der Waals surface area contributed by atoms with Gasteiger partial charge in [-0.05, 0) is 35.7 Å². The fourth-order valence-corrected chi connectivity index (χ4v) is 4.63. The molecule has 0 N–H and O–H groups in total. The van der Waals surface area contributed by atoms with E-state index in [0.717, 1.165) is 34.9 Å². The largest absolute Gasteiger partial charge is 0.464 e. The summed E-state index contributed by atoms with van der Waals surface area (Å²) in [6.45, 7) is 0.264. The van der Waals surface area contributed by atoms with Crippen LogP contribution in [0.1, 0.15) is 34.7 Å². The van der Waals surface area contributed by atoms with Crippen LogP contribution in [0.15, 0.2) is 65.1 Å². The smallest absolute Gasteiger partial charge is 0.231 e. The van der Waals surface area contributed by atoms with Gasteiger partial charge in [-0.1, -0.05) is 24.3 Å². The lowest BCUT2D eigenvalue weighted by atomic mass is 9.97. The van der Waals surface area contributed by atoms with Crippen molar-refractivity contribution in [2.45, 2.75) is 18.7 Å². The van der Waals surface area contributed by atoms with Crippen molar-refractivity contribution in [1.82, 2.24) is 5.01 Å². The minimum Gasteiger partial charge on any atom is -0.464 e. The SMILES string of the molecule is c1csc(C2=NN3[C@@H](C2)c2ccccc2O[C@H]3c2ccc3c(c2)OCO3)c1. The molecule has 0 spiro atoms. The van der Waals surface area contributed by atoms with Crippen LogP contribution in [-0.2, 0) is 0 Å². The summed E-state index contributed by atoms with van der Waals surface area (Å²) in [4.78, 5) is 1.21. The van der Waals surface area contributed by atoms with Gasteiger partial charge in [0.2, 0.25) is 13.0 Å². The Morgan fingerprint density at radius 1 is 0.963 bits per heavy atom. The second-order valence-electron chi connectivity index (χ2n) is 6.74. The molecule has 0 saturated heterocycles. The van der Waals surface area contributed by atoms with Crippen LogP contribution in [0.25, 0.3) is 0 Å². The van der Waals surface area contributed by atoms with E-state index in [2.05, 4.69) is 34.7 Å². The molecule has 0 aliphatic carbocycles. The maximum atomic E-state index is 6.38. The van der Waals surface area contributed by atoms with E-state index in [4.69, 9.17) is 19.3 Å². The lowest BCUT2D eigenvalue weighted by Crippen LogP contribution is -2.33. The monoisotopic (exact) mass is 376 g/mol. The number of benzene rings is 2. The lowest BCUT2D eigenvalue weighted by Gasteiger charge is -2.38. The van der Waals surface area contributed by atoms with Gasteiger partial charge in [-0.2, -0.15) is 5.10 Å². The number of rotatable bonds is 2. The quantitative estimate of drug-likeness (QED) is 0.649. The first-order valence-corrected chi connectivity index (χ1v) is 9.79. The maximum absolute atomic E-state index is 6.38. The molecule has 6 heteroatoms. The molecule has 3 aliphatic heterocycles. The summed E-state index contributed by atoms with van der Waals surface area (Å²) in [5.41, 5.74) is 3.31. The number of hydrogen-bond donors (Lipinski definition) is 0. The van der Waals surface area contributed by atoms with Crippen LogP contribution in [0.3, 0.4) is 0 Å². The first-order valence-electron chi connectivity index (χ1n) is 8.92. The van der Waals surface area contributed by atoms with E-state index in [1.165, 1.54) is 10.4 Å². The average Bonchev–Trinajstić information content (AvgIpc) is 3.46. The van der Waals surface area contributed by atoms with E-state index in [-0.39, 0.29) is 19.1 Å². The van der Waals surface area contributed by atoms with Crippen molar-refractivity contribution in [3.05, 3.63) is 76.0 Å². The van der Waals surface area contributed by atoms with Crippen LogP contribution in [0.5, 0.6) is 17.2 Å². The van der Waals surface area contributed by atoms with E-state index in [9.17, 15) is 0 Å². The molecule has 4 heterocycles. The standard InChI is InChI=1S/C21H16N2O3S/c1-2-5-17-14(4-1)16-11-15(20-6-3-9-27-20)22-23(16)21(26-17)13-7-8-18-19(10-13)25-12-24-18/h1-10,16,21H,11-12H2/t16-,21-/m0/s1. The van der Waals surface area contributed by atoms with Crippen molar-refractivity contribution < 1.29 is 14.2 Å². The predicted molar refractivity (Wildman–Crippen MR) is 102 cm³/mol. The molecule has 2 aromatic carbocycles. The number of nitrogens with zero attached hydrogens (tertiary/aromatic N) is 2. The third-order valence-corrected chi connectivity index (χ3v) is 6.11. The van der Waals surface area contributed by atoms with Crippen LogP contribution in [0, 0.1) is 0 Å². The molecule has 0 saturated carbocycles. The van der Waals surface area contributed by atoms with E-state index in [1.54, 1.807) is 11.3 Å². The van der Waals surface area contributed by atoms with Gasteiger partial charge in [0.05, 0.1) is 16.6 Å². The van der Waals surface area contributed by atoms with Crippen molar-refractivity contribution in [2.75, 3.05) is 6.79 Å². The molecule has 134 valence electrons. The highest BCUT2D eigenvalue weighted by atomic mass is 32.1. The minimum absolute atomic E-state index is 0.169. The third kappa shape index (κ3) is 2.33. The zero-order valence-electron chi connectivity index (χ0n) is 14.4. The normalized spacial score (nSPS) is 22.1. The van der Waals surface area contributed by atoms with E-state index < -0.39 is 0 Å². The Kier molecular flexibility index (Phi) is 3.22. The predicted octanol–water partition coefficient (Wildman–Crippen LogP) is 4.72. The summed E-state index contributed by atoms with van der Waals surface area (Å²) in [6, 6.07) is 18.6. The molecule has 3 aliphatic rings. The van der Waals surface area contributed by atoms with E-state index >= 15 is 0 Å². The third-order valence-electron chi connectivity index (χ3n) is 5.19. The summed E-state index contributed by atoms with van der Waals surface area (Å²) >= 11 is 1.73. The van der Waals surface area contributed by atoms with Gasteiger partial charge >= 0.3 is 0 Å². The number of fused-ring (bicyclic) bond motifs is 4. The van der Waals surface area contributed by atoms with Gasteiger partial charge in [0.1, 0.15) is 5.75 Å². The van der Waals surface area contributed by atoms with Crippen LogP contribution in [0.4, 0.5) is 0 Å². The van der Waals surface area contributed by atoms with Gasteiger partial charge in [0.15, 0.2) is 11.5 Å². The average molecular weight is 376 g/mol. The number of para-hydroxylation sites is 1. The summed E-state index contributed by atoms with van der Waals surface area (Å²) in [7, 11) is 0. The molecule has 2 atom stereocenters. The highest BCUT2D eigenvalue weighted by Crippen LogP contribution is 2.48. The van der Waals surface area contributed by atoms with Crippen LogP contribution in [-0.4, -0.2) is 17.5 Å². The Balaban J connectivity index is 1.45. The maximum Gasteiger partial charge on any atom is 0.231 e. The molecule has 0 fully saturated rings. The van der Waals surface area contributed by atoms with Gasteiger partial charge < -0.3 is 14.2 Å². The summed E-state index contributed by atoms with van der Waals surface area (Å²) in [6.07, 6.45) is 0.582. The number of hydrogen-bond acceptors (Lipinski definition) is 6. The summed E-state index contributed by atoms with van der Waals surface area (Å²) < 4.78 is 17.4. The van der Waals surface area contributed by atoms with Crippen molar-refractivity contribution in [3.63, 3.8) is 0 Å². The van der Waals surface area contributed by atoms with Crippen molar-refractivity contribution in [1.29, 1.82) is 0 Å². The number of thiophene rings is 1. The molecule has 0 bridgehead atoms. The number of hydrazone groups is 1. The lowest BCUT2D eigenvalue weighted by molar-refractivity contribution is -0.0191. The Morgan fingerprint density at radius 3 is 2.81 bits per heavy atom. The van der Waals surface area contributed by atoms with Crippen molar-refractivity contribution in [3.8, 4) is 17.2 Å². The van der Waals surface area contributed by atoms with Gasteiger partial charge in [-0.25, -0.2) is 5.01 Å². The molecule has 0 radical (unpaired) electrons. The molecule has 0 amide bonds. The second kappa shape index (κ2) is 5.76. The summed E-state index contributed by atoms with van der Waals surface area (Å²) in [5, 5.41) is 9.15. The number of ether oxygens (including phenoxy) is 3. The summed E-state index contributed by atoms with van der Waals surface area (Å²) in [5.74, 6) is 2.45. The fraction of sp³-hybridized carbons (Fsp3) is 0.190. The zero-order valence-corrected chi connectivity index (χ0v) is 15.2. The molecule has 5 nitrogen and oxygen atoms in total. The Morgan fingerprint density at radius 2 is 1.89 bits per heavy atom. The molecule has 27 heavy (non-hydrogen) atoms. The Labute approximate surface area is 160 Å². The van der Waals surface area contributed by atoms with E-state index in [0.29, 0.717) is 0 Å². The molecular formula is C21H16N2O3S. The molecule has 1 aromatic heterocycles. The molecule has 6 rings (SSSR count). The second-order valence-corrected chi connectivity index (χ2v) is 7.69. The van der Waals surface area contributed by atoms with Crippen LogP contribution < -0.4 is 14.2 Å². The minimum atomic E-state index is -0.295. The van der Waals surface area contributed by atoms with Gasteiger partial charge in [-0.15, -0.1) is 11.3 Å². The van der Waals surface area contributed by atoms with Crippen LogP contribution >= 0.6 is 11.3 Å². The molecule has 0 unspecified atom stereocenters. The Bertz CT molecular complexity index is 1050. The van der Waals surface area contributed by atoms with Crippen molar-refractivity contribution in [2.24, 2.45) is 5.10 Å². The topological polar surface area (TPSA) is 43.3 Å².